The smallest absolute Gasteiger partial charge is 0.326 e. The van der Waals surface area contributed by atoms with Crippen LogP contribution in [-0.4, -0.2) is 41.4 Å². The van der Waals surface area contributed by atoms with Crippen LogP contribution in [0.2, 0.25) is 0 Å². The van der Waals surface area contributed by atoms with Crippen LogP contribution in [0.5, 0.6) is 0 Å². The number of carbonyl (C=O) groups excluding carboxylic acids is 1. The molecule has 7 heteroatoms. The van der Waals surface area contributed by atoms with E-state index < -0.39 is 5.54 Å². The van der Waals surface area contributed by atoms with Crippen LogP contribution >= 0.6 is 11.8 Å². The van der Waals surface area contributed by atoms with Crippen molar-refractivity contribution in [3.05, 3.63) is 22.6 Å². The van der Waals surface area contributed by atoms with Crippen LogP contribution in [0.1, 0.15) is 25.7 Å². The highest BCUT2D eigenvalue weighted by Gasteiger charge is 2.48. The van der Waals surface area contributed by atoms with Crippen LogP contribution in [0, 0.1) is 5.92 Å². The fourth-order valence-electron chi connectivity index (χ4n) is 3.07. The number of aromatic amines is 1. The molecule has 1 fully saturated rings. The summed E-state index contributed by atoms with van der Waals surface area (Å²) in [5.41, 5.74) is -0.708. The van der Waals surface area contributed by atoms with E-state index in [1.54, 1.807) is 0 Å². The van der Waals surface area contributed by atoms with Gasteiger partial charge >= 0.3 is 5.97 Å². The van der Waals surface area contributed by atoms with Crippen molar-refractivity contribution in [2.24, 2.45) is 5.92 Å². The van der Waals surface area contributed by atoms with Crippen LogP contribution in [-0.2, 0) is 9.53 Å². The maximum Gasteiger partial charge on any atom is 0.326 e. The van der Waals surface area contributed by atoms with Gasteiger partial charge in [-0.25, -0.2) is 4.98 Å². The third kappa shape index (κ3) is 3.47. The second kappa shape index (κ2) is 7.09. The third-order valence-corrected chi connectivity index (χ3v) is 5.09. The highest BCUT2D eigenvalue weighted by atomic mass is 32.2. The molecule has 1 aliphatic carbocycles. The summed E-state index contributed by atoms with van der Waals surface area (Å²) >= 11 is 1.51. The lowest BCUT2D eigenvalue weighted by Gasteiger charge is -2.32. The number of hydrogen-bond acceptors (Lipinski definition) is 6. The predicted molar refractivity (Wildman–Crippen MR) is 81.3 cm³/mol. The van der Waals surface area contributed by atoms with E-state index in [9.17, 15) is 9.59 Å². The molecule has 2 rings (SSSR count). The largest absolute Gasteiger partial charge is 0.468 e. The molecule has 6 nitrogen and oxygen atoms in total. The molecule has 2 atom stereocenters. The van der Waals surface area contributed by atoms with Crippen LogP contribution in [0.4, 0.5) is 0 Å². The Labute approximate surface area is 128 Å². The minimum Gasteiger partial charge on any atom is -0.468 e. The summed E-state index contributed by atoms with van der Waals surface area (Å²) in [7, 11) is 3.25. The zero-order chi connectivity index (χ0) is 15.3. The van der Waals surface area contributed by atoms with Gasteiger partial charge in [-0.15, -0.1) is 0 Å². The summed E-state index contributed by atoms with van der Waals surface area (Å²) in [5.74, 6) is 0.875. The van der Waals surface area contributed by atoms with Crippen molar-refractivity contribution >= 4 is 17.7 Å². The molecule has 0 amide bonds. The summed E-state index contributed by atoms with van der Waals surface area (Å²) in [5, 5.41) is 3.80. The van der Waals surface area contributed by atoms with Gasteiger partial charge in [0, 0.05) is 18.0 Å². The highest BCUT2D eigenvalue weighted by Crippen LogP contribution is 2.39. The number of nitrogens with zero attached hydrogens (tertiary/aromatic N) is 1. The van der Waals surface area contributed by atoms with E-state index in [2.05, 4.69) is 15.3 Å². The van der Waals surface area contributed by atoms with Crippen molar-refractivity contribution in [3.63, 3.8) is 0 Å². The standard InChI is InChI=1S/C14H21N3O3S/c1-15-14(12(19)20-2)7-3-4-10(14)6-9-21-13-16-8-5-11(18)17-13/h5,8,10,15H,3-4,6-7,9H2,1-2H3,(H,16,17,18). The molecule has 0 bridgehead atoms. The van der Waals surface area contributed by atoms with Gasteiger partial charge in [-0.05, 0) is 32.2 Å². The van der Waals surface area contributed by atoms with Gasteiger partial charge in [0.05, 0.1) is 7.11 Å². The van der Waals surface area contributed by atoms with Crippen molar-refractivity contribution in [1.29, 1.82) is 0 Å². The Morgan fingerprint density at radius 3 is 3.14 bits per heavy atom. The summed E-state index contributed by atoms with van der Waals surface area (Å²) in [6.45, 7) is 0. The number of nitrogens with one attached hydrogen (secondary N) is 2. The summed E-state index contributed by atoms with van der Waals surface area (Å²) in [4.78, 5) is 30.1. The van der Waals surface area contributed by atoms with Crippen molar-refractivity contribution in [2.75, 3.05) is 19.9 Å². The maximum atomic E-state index is 12.1. The lowest BCUT2D eigenvalue weighted by molar-refractivity contribution is -0.150. The number of ether oxygens (including phenoxy) is 1. The normalized spacial score (nSPS) is 25.0. The van der Waals surface area contributed by atoms with Crippen LogP contribution in [0.15, 0.2) is 22.2 Å². The van der Waals surface area contributed by atoms with Crippen molar-refractivity contribution < 1.29 is 9.53 Å². The average molecular weight is 311 g/mol. The highest BCUT2D eigenvalue weighted by molar-refractivity contribution is 7.99. The van der Waals surface area contributed by atoms with Gasteiger partial charge in [0.1, 0.15) is 5.54 Å². The predicted octanol–water partition coefficient (Wildman–Crippen LogP) is 1.18. The first-order valence-corrected chi connectivity index (χ1v) is 8.06. The van der Waals surface area contributed by atoms with E-state index in [-0.39, 0.29) is 17.4 Å². The molecule has 0 spiro atoms. The van der Waals surface area contributed by atoms with E-state index >= 15 is 0 Å². The quantitative estimate of drug-likeness (QED) is 0.466. The molecule has 0 saturated heterocycles. The van der Waals surface area contributed by atoms with Gasteiger partial charge in [0.15, 0.2) is 5.16 Å². The first kappa shape index (κ1) is 16.0. The number of carbonyl (C=O) groups is 1. The summed E-state index contributed by atoms with van der Waals surface area (Å²) in [6, 6.07) is 1.39. The molecule has 1 aromatic heterocycles. The minimum absolute atomic E-state index is 0.146. The topological polar surface area (TPSA) is 84.1 Å². The Kier molecular flexibility index (Phi) is 5.41. The third-order valence-electron chi connectivity index (χ3n) is 4.17. The zero-order valence-corrected chi connectivity index (χ0v) is 13.2. The SMILES string of the molecule is CNC1(C(=O)OC)CCCC1CCSc1nccc(=O)[nH]1. The first-order valence-electron chi connectivity index (χ1n) is 7.08. The molecule has 0 aliphatic heterocycles. The van der Waals surface area contributed by atoms with Crippen molar-refractivity contribution in [1.82, 2.24) is 15.3 Å². The monoisotopic (exact) mass is 311 g/mol. The van der Waals surface area contributed by atoms with E-state index in [0.717, 1.165) is 31.4 Å². The van der Waals surface area contributed by atoms with Crippen LogP contribution in [0.3, 0.4) is 0 Å². The van der Waals surface area contributed by atoms with Gasteiger partial charge < -0.3 is 15.0 Å². The van der Waals surface area contributed by atoms with E-state index in [1.165, 1.54) is 31.1 Å². The van der Waals surface area contributed by atoms with E-state index in [0.29, 0.717) is 5.16 Å². The lowest BCUT2D eigenvalue weighted by Crippen LogP contribution is -2.53. The molecule has 2 N–H and O–H groups in total. The second-order valence-corrected chi connectivity index (χ2v) is 6.26. The zero-order valence-electron chi connectivity index (χ0n) is 12.3. The molecule has 1 aliphatic rings. The number of methoxy groups -OCH3 is 1. The molecule has 0 aromatic carbocycles. The van der Waals surface area contributed by atoms with Crippen molar-refractivity contribution in [2.45, 2.75) is 36.4 Å². The number of rotatable bonds is 6. The summed E-state index contributed by atoms with van der Waals surface area (Å²) < 4.78 is 4.97. The van der Waals surface area contributed by atoms with Gasteiger partial charge in [0.25, 0.3) is 5.56 Å². The van der Waals surface area contributed by atoms with Crippen molar-refractivity contribution in [3.8, 4) is 0 Å². The molecule has 21 heavy (non-hydrogen) atoms. The van der Waals surface area contributed by atoms with Gasteiger partial charge in [0.2, 0.25) is 0 Å². The Bertz CT molecular complexity index is 548. The van der Waals surface area contributed by atoms with Gasteiger partial charge in [-0.3, -0.25) is 9.59 Å². The van der Waals surface area contributed by atoms with Crippen LogP contribution in [0.25, 0.3) is 0 Å². The number of hydrogen-bond donors (Lipinski definition) is 2. The summed E-state index contributed by atoms with van der Waals surface area (Å²) in [6.07, 6.45) is 5.22. The lowest BCUT2D eigenvalue weighted by atomic mass is 9.85. The molecular weight excluding hydrogens is 290 g/mol. The Hall–Kier alpha value is -1.34. The minimum atomic E-state index is -0.563. The number of esters is 1. The molecule has 0 radical (unpaired) electrons. The van der Waals surface area contributed by atoms with E-state index in [4.69, 9.17) is 4.74 Å². The Morgan fingerprint density at radius 2 is 2.48 bits per heavy atom. The molecule has 1 saturated carbocycles. The average Bonchev–Trinajstić information content (AvgIpc) is 2.90. The number of thioether (sulfide) groups is 1. The maximum absolute atomic E-state index is 12.1. The van der Waals surface area contributed by atoms with Gasteiger partial charge in [-0.2, -0.15) is 0 Å². The second-order valence-electron chi connectivity index (χ2n) is 5.18. The molecule has 2 unspecified atom stereocenters. The molecular formula is C14H21N3O3S. The number of likely N-dealkylation sites (N-methyl/N-ethyl adjacent to an activating group) is 1. The number of aromatic nitrogens is 2. The fraction of sp³-hybridized carbons (Fsp3) is 0.643. The number of H-pyrrole nitrogens is 1. The first-order chi connectivity index (χ1) is 10.1. The molecule has 1 heterocycles. The van der Waals surface area contributed by atoms with E-state index in [1.807, 2.05) is 7.05 Å². The molecule has 1 aromatic rings. The Balaban J connectivity index is 1.95. The molecule has 116 valence electrons. The fourth-order valence-corrected chi connectivity index (χ4v) is 3.98. The Morgan fingerprint density at radius 1 is 1.67 bits per heavy atom. The van der Waals surface area contributed by atoms with Gasteiger partial charge in [-0.1, -0.05) is 18.2 Å². The van der Waals surface area contributed by atoms with Crippen LogP contribution < -0.4 is 10.9 Å².